The van der Waals surface area contributed by atoms with E-state index < -0.39 is 0 Å². The van der Waals surface area contributed by atoms with Crippen LogP contribution in [-0.2, 0) is 0 Å². The maximum atomic E-state index is 11.5. The number of ether oxygens (including phenoxy) is 1. The van der Waals surface area contributed by atoms with Gasteiger partial charge < -0.3 is 15.0 Å². The van der Waals surface area contributed by atoms with E-state index in [1.54, 1.807) is 0 Å². The van der Waals surface area contributed by atoms with Crippen molar-refractivity contribution in [3.63, 3.8) is 0 Å². The van der Waals surface area contributed by atoms with Crippen LogP contribution in [0, 0.1) is 5.92 Å². The van der Waals surface area contributed by atoms with E-state index in [9.17, 15) is 4.79 Å². The first kappa shape index (κ1) is 12.9. The van der Waals surface area contributed by atoms with Crippen molar-refractivity contribution >= 4 is 5.82 Å². The number of rotatable bonds is 5. The van der Waals surface area contributed by atoms with Crippen molar-refractivity contribution in [1.29, 1.82) is 0 Å². The molecule has 0 unspecified atom stereocenters. The van der Waals surface area contributed by atoms with Gasteiger partial charge in [0, 0.05) is 6.54 Å². The van der Waals surface area contributed by atoms with Crippen LogP contribution in [0.1, 0.15) is 38.5 Å². The molecule has 18 heavy (non-hydrogen) atoms. The second kappa shape index (κ2) is 6.42. The zero-order chi connectivity index (χ0) is 12.8. The number of methoxy groups -OCH3 is 1. The highest BCUT2D eigenvalue weighted by molar-refractivity contribution is 5.47. The van der Waals surface area contributed by atoms with Crippen molar-refractivity contribution in [2.75, 3.05) is 19.0 Å². The fourth-order valence-corrected chi connectivity index (χ4v) is 2.57. The van der Waals surface area contributed by atoms with Crippen molar-refractivity contribution in [3.8, 4) is 5.75 Å². The molecule has 0 saturated heterocycles. The quantitative estimate of drug-likeness (QED) is 0.841. The third-order valence-corrected chi connectivity index (χ3v) is 3.58. The molecule has 2 N–H and O–H groups in total. The SMILES string of the molecule is COc1c(NCCC2CCCCC2)nc[nH]c1=O. The summed E-state index contributed by atoms with van der Waals surface area (Å²) in [6.07, 6.45) is 9.30. The van der Waals surface area contributed by atoms with Gasteiger partial charge in [0.1, 0.15) is 0 Å². The van der Waals surface area contributed by atoms with Crippen molar-refractivity contribution in [3.05, 3.63) is 16.7 Å². The minimum Gasteiger partial charge on any atom is -0.489 e. The van der Waals surface area contributed by atoms with E-state index in [1.165, 1.54) is 45.5 Å². The Labute approximate surface area is 107 Å². The van der Waals surface area contributed by atoms with Crippen LogP contribution in [-0.4, -0.2) is 23.6 Å². The van der Waals surface area contributed by atoms with Gasteiger partial charge in [-0.25, -0.2) is 4.98 Å². The Hall–Kier alpha value is -1.52. The predicted octanol–water partition coefficient (Wildman–Crippen LogP) is 2.16. The van der Waals surface area contributed by atoms with E-state index in [-0.39, 0.29) is 11.3 Å². The first-order chi connectivity index (χ1) is 8.81. The van der Waals surface area contributed by atoms with Gasteiger partial charge in [0.15, 0.2) is 5.82 Å². The van der Waals surface area contributed by atoms with Crippen molar-refractivity contribution in [2.45, 2.75) is 38.5 Å². The molecule has 1 aromatic rings. The van der Waals surface area contributed by atoms with Crippen LogP contribution in [0.25, 0.3) is 0 Å². The number of nitrogens with one attached hydrogen (secondary N) is 2. The Kier molecular flexibility index (Phi) is 4.61. The number of H-pyrrole nitrogens is 1. The van der Waals surface area contributed by atoms with Crippen molar-refractivity contribution in [2.24, 2.45) is 5.92 Å². The van der Waals surface area contributed by atoms with Crippen LogP contribution in [0.15, 0.2) is 11.1 Å². The monoisotopic (exact) mass is 251 g/mol. The Bertz CT molecular complexity index is 424. The molecule has 0 aliphatic heterocycles. The molecule has 0 radical (unpaired) electrons. The van der Waals surface area contributed by atoms with Crippen LogP contribution in [0.4, 0.5) is 5.82 Å². The molecule has 1 saturated carbocycles. The highest BCUT2D eigenvalue weighted by atomic mass is 16.5. The average Bonchev–Trinajstić information content (AvgIpc) is 2.40. The number of hydrogen-bond donors (Lipinski definition) is 2. The van der Waals surface area contributed by atoms with Gasteiger partial charge in [0.25, 0.3) is 5.56 Å². The van der Waals surface area contributed by atoms with E-state index in [2.05, 4.69) is 15.3 Å². The summed E-state index contributed by atoms with van der Waals surface area (Å²) in [5, 5.41) is 3.20. The summed E-state index contributed by atoms with van der Waals surface area (Å²) in [6.45, 7) is 0.845. The summed E-state index contributed by atoms with van der Waals surface area (Å²) in [7, 11) is 1.48. The van der Waals surface area contributed by atoms with Crippen molar-refractivity contribution in [1.82, 2.24) is 9.97 Å². The first-order valence-corrected chi connectivity index (χ1v) is 6.67. The van der Waals surface area contributed by atoms with Gasteiger partial charge in [0.2, 0.25) is 5.75 Å². The average molecular weight is 251 g/mol. The largest absolute Gasteiger partial charge is 0.489 e. The Morgan fingerprint density at radius 1 is 1.44 bits per heavy atom. The van der Waals surface area contributed by atoms with Gasteiger partial charge in [-0.15, -0.1) is 0 Å². The van der Waals surface area contributed by atoms with Gasteiger partial charge in [-0.2, -0.15) is 0 Å². The smallest absolute Gasteiger partial charge is 0.295 e. The molecule has 2 rings (SSSR count). The summed E-state index contributed by atoms with van der Waals surface area (Å²) in [6, 6.07) is 0. The molecule has 0 amide bonds. The Morgan fingerprint density at radius 2 is 2.22 bits per heavy atom. The molecule has 0 spiro atoms. The zero-order valence-electron chi connectivity index (χ0n) is 10.9. The molecule has 0 bridgehead atoms. The molecule has 1 aliphatic carbocycles. The van der Waals surface area contributed by atoms with E-state index in [1.807, 2.05) is 0 Å². The maximum absolute atomic E-state index is 11.5. The molecule has 0 aromatic carbocycles. The lowest BCUT2D eigenvalue weighted by atomic mass is 9.87. The summed E-state index contributed by atoms with van der Waals surface area (Å²) in [4.78, 5) is 18.1. The minimum absolute atomic E-state index is 0.243. The highest BCUT2D eigenvalue weighted by Crippen LogP contribution is 2.26. The molecule has 1 fully saturated rings. The van der Waals surface area contributed by atoms with E-state index in [0.29, 0.717) is 5.82 Å². The van der Waals surface area contributed by atoms with Gasteiger partial charge in [-0.1, -0.05) is 32.1 Å². The predicted molar refractivity (Wildman–Crippen MR) is 71.1 cm³/mol. The second-order valence-electron chi connectivity index (χ2n) is 4.83. The molecule has 1 aliphatic rings. The van der Waals surface area contributed by atoms with Crippen LogP contribution in [0.2, 0.25) is 0 Å². The summed E-state index contributed by atoms with van der Waals surface area (Å²) in [5.74, 6) is 1.62. The molecule has 100 valence electrons. The third kappa shape index (κ3) is 3.24. The summed E-state index contributed by atoms with van der Waals surface area (Å²) < 4.78 is 5.05. The van der Waals surface area contributed by atoms with Crippen LogP contribution >= 0.6 is 0 Å². The molecule has 5 heteroatoms. The van der Waals surface area contributed by atoms with Crippen molar-refractivity contribution < 1.29 is 4.74 Å². The number of aromatic amines is 1. The van der Waals surface area contributed by atoms with E-state index in [0.717, 1.165) is 18.9 Å². The standard InChI is InChI=1S/C13H21N3O2/c1-18-11-12(15-9-16-13(11)17)14-8-7-10-5-3-2-4-6-10/h9-10H,2-8H2,1H3,(H2,14,15,16,17). The molecular formula is C13H21N3O2. The number of aromatic nitrogens is 2. The van der Waals surface area contributed by atoms with E-state index >= 15 is 0 Å². The fraction of sp³-hybridized carbons (Fsp3) is 0.692. The highest BCUT2D eigenvalue weighted by Gasteiger charge is 2.14. The summed E-state index contributed by atoms with van der Waals surface area (Å²) in [5.41, 5.74) is -0.243. The van der Waals surface area contributed by atoms with Gasteiger partial charge >= 0.3 is 0 Å². The fourth-order valence-electron chi connectivity index (χ4n) is 2.57. The molecule has 5 nitrogen and oxygen atoms in total. The lowest BCUT2D eigenvalue weighted by Crippen LogP contribution is -2.16. The Balaban J connectivity index is 1.86. The van der Waals surface area contributed by atoms with Crippen LogP contribution in [0.3, 0.4) is 0 Å². The topological polar surface area (TPSA) is 67.0 Å². The van der Waals surface area contributed by atoms with Gasteiger partial charge in [0.05, 0.1) is 13.4 Å². The van der Waals surface area contributed by atoms with Crippen LogP contribution in [0.5, 0.6) is 5.75 Å². The molecule has 1 heterocycles. The molecule has 1 aromatic heterocycles. The number of nitrogens with zero attached hydrogens (tertiary/aromatic N) is 1. The number of hydrogen-bond acceptors (Lipinski definition) is 4. The normalized spacial score (nSPS) is 16.5. The third-order valence-electron chi connectivity index (χ3n) is 3.58. The first-order valence-electron chi connectivity index (χ1n) is 6.67. The zero-order valence-corrected chi connectivity index (χ0v) is 10.9. The Morgan fingerprint density at radius 3 is 2.94 bits per heavy atom. The summed E-state index contributed by atoms with van der Waals surface area (Å²) >= 11 is 0. The number of anilines is 1. The second-order valence-corrected chi connectivity index (χ2v) is 4.83. The molecular weight excluding hydrogens is 230 g/mol. The lowest BCUT2D eigenvalue weighted by Gasteiger charge is -2.21. The minimum atomic E-state index is -0.243. The van der Waals surface area contributed by atoms with Crippen LogP contribution < -0.4 is 15.6 Å². The lowest BCUT2D eigenvalue weighted by molar-refractivity contribution is 0.345. The maximum Gasteiger partial charge on any atom is 0.295 e. The van der Waals surface area contributed by atoms with Gasteiger partial charge in [-0.05, 0) is 12.3 Å². The van der Waals surface area contributed by atoms with E-state index in [4.69, 9.17) is 4.74 Å². The van der Waals surface area contributed by atoms with Gasteiger partial charge in [-0.3, -0.25) is 4.79 Å². The molecule has 0 atom stereocenters.